The van der Waals surface area contributed by atoms with Crippen molar-refractivity contribution in [1.82, 2.24) is 0 Å². The number of hydrogen-bond acceptors (Lipinski definition) is 6. The van der Waals surface area contributed by atoms with Crippen LogP contribution >= 0.6 is 11.3 Å². The highest BCUT2D eigenvalue weighted by Gasteiger charge is 2.29. The van der Waals surface area contributed by atoms with Gasteiger partial charge in [-0.1, -0.05) is 19.4 Å². The molecule has 0 radical (unpaired) electrons. The van der Waals surface area contributed by atoms with Gasteiger partial charge in [-0.25, -0.2) is 4.79 Å². The van der Waals surface area contributed by atoms with Crippen molar-refractivity contribution in [2.24, 2.45) is 5.92 Å². The Hall–Kier alpha value is -2.80. The van der Waals surface area contributed by atoms with Crippen molar-refractivity contribution >= 4 is 34.3 Å². The summed E-state index contributed by atoms with van der Waals surface area (Å²) in [6.45, 7) is 4.50. The standard InChI is InChI=1S/C23H25NO5S/c1-3-14-5-8-16-19(12-14)30-22(21(16)23(26)27-4-2)24-20(25)10-7-15-6-9-17-18(11-15)29-13-28-17/h6-7,9-11,14H,3-5,8,12-13H2,1-2H3,(H,24,25). The van der Waals surface area contributed by atoms with Crippen molar-refractivity contribution in [2.75, 3.05) is 18.7 Å². The minimum atomic E-state index is -0.361. The Morgan fingerprint density at radius 1 is 1.27 bits per heavy atom. The van der Waals surface area contributed by atoms with E-state index < -0.39 is 0 Å². The average molecular weight is 428 g/mol. The zero-order chi connectivity index (χ0) is 21.1. The Labute approximate surface area is 179 Å². The number of rotatable bonds is 6. The number of benzene rings is 1. The maximum Gasteiger partial charge on any atom is 0.341 e. The van der Waals surface area contributed by atoms with Gasteiger partial charge in [0.2, 0.25) is 12.7 Å². The van der Waals surface area contributed by atoms with Gasteiger partial charge in [0.15, 0.2) is 11.5 Å². The van der Waals surface area contributed by atoms with Crippen LogP contribution in [0.2, 0.25) is 0 Å². The molecule has 1 unspecified atom stereocenters. The number of amides is 1. The summed E-state index contributed by atoms with van der Waals surface area (Å²) in [7, 11) is 0. The molecule has 4 rings (SSSR count). The van der Waals surface area contributed by atoms with Gasteiger partial charge >= 0.3 is 5.97 Å². The van der Waals surface area contributed by atoms with Crippen molar-refractivity contribution in [3.8, 4) is 11.5 Å². The van der Waals surface area contributed by atoms with E-state index in [1.807, 2.05) is 18.2 Å². The Morgan fingerprint density at radius 3 is 2.90 bits per heavy atom. The molecule has 1 aromatic carbocycles. The molecule has 158 valence electrons. The third-order valence-electron chi connectivity index (χ3n) is 5.48. The summed E-state index contributed by atoms with van der Waals surface area (Å²) in [6.07, 6.45) is 7.14. The molecule has 1 atom stereocenters. The molecule has 1 aliphatic heterocycles. The molecule has 0 fully saturated rings. The first-order chi connectivity index (χ1) is 14.6. The molecule has 1 N–H and O–H groups in total. The van der Waals surface area contributed by atoms with E-state index in [-0.39, 0.29) is 18.7 Å². The summed E-state index contributed by atoms with van der Waals surface area (Å²) in [4.78, 5) is 26.4. The largest absolute Gasteiger partial charge is 0.462 e. The Balaban J connectivity index is 1.53. The molecule has 0 spiro atoms. The smallest absolute Gasteiger partial charge is 0.341 e. The fourth-order valence-corrected chi connectivity index (χ4v) is 5.21. The van der Waals surface area contributed by atoms with Gasteiger partial charge in [-0.15, -0.1) is 11.3 Å². The predicted molar refractivity (Wildman–Crippen MR) is 116 cm³/mol. The molecule has 2 aromatic rings. The van der Waals surface area contributed by atoms with E-state index in [2.05, 4.69) is 12.2 Å². The van der Waals surface area contributed by atoms with E-state index in [0.29, 0.717) is 34.6 Å². The maximum absolute atomic E-state index is 12.6. The highest BCUT2D eigenvalue weighted by Crippen LogP contribution is 2.41. The lowest BCUT2D eigenvalue weighted by atomic mass is 9.85. The van der Waals surface area contributed by atoms with Crippen LogP contribution in [-0.4, -0.2) is 25.3 Å². The van der Waals surface area contributed by atoms with Gasteiger partial charge in [0.05, 0.1) is 12.2 Å². The first-order valence-corrected chi connectivity index (χ1v) is 11.1. The number of anilines is 1. The SMILES string of the molecule is CCOC(=O)c1c(NC(=O)C=Cc2ccc3c(c2)OCO3)sc2c1CCC(CC)C2. The number of carbonyl (C=O) groups excluding carboxylic acids is 2. The van der Waals surface area contributed by atoms with Crippen LogP contribution in [0.5, 0.6) is 11.5 Å². The Kier molecular flexibility index (Phi) is 6.08. The van der Waals surface area contributed by atoms with Crippen LogP contribution in [0.15, 0.2) is 24.3 Å². The molecule has 7 heteroatoms. The first kappa shape index (κ1) is 20.5. The van der Waals surface area contributed by atoms with Crippen molar-refractivity contribution in [3.05, 3.63) is 45.8 Å². The van der Waals surface area contributed by atoms with Crippen LogP contribution in [-0.2, 0) is 22.4 Å². The van der Waals surface area contributed by atoms with E-state index in [0.717, 1.165) is 36.8 Å². The molecule has 1 aromatic heterocycles. The van der Waals surface area contributed by atoms with Crippen LogP contribution in [0.3, 0.4) is 0 Å². The van der Waals surface area contributed by atoms with Crippen molar-refractivity contribution in [2.45, 2.75) is 39.5 Å². The number of carbonyl (C=O) groups is 2. The fourth-order valence-electron chi connectivity index (χ4n) is 3.85. The van der Waals surface area contributed by atoms with E-state index in [1.165, 1.54) is 22.3 Å². The normalized spacial score (nSPS) is 17.1. The number of esters is 1. The van der Waals surface area contributed by atoms with E-state index in [9.17, 15) is 9.59 Å². The van der Waals surface area contributed by atoms with E-state index in [4.69, 9.17) is 14.2 Å². The molecule has 30 heavy (non-hydrogen) atoms. The van der Waals surface area contributed by atoms with E-state index >= 15 is 0 Å². The highest BCUT2D eigenvalue weighted by atomic mass is 32.1. The van der Waals surface area contributed by atoms with Crippen molar-refractivity contribution in [3.63, 3.8) is 0 Å². The average Bonchev–Trinajstić information content (AvgIpc) is 3.35. The van der Waals surface area contributed by atoms with Crippen molar-refractivity contribution < 1.29 is 23.8 Å². The Morgan fingerprint density at radius 2 is 2.10 bits per heavy atom. The zero-order valence-electron chi connectivity index (χ0n) is 17.2. The van der Waals surface area contributed by atoms with Gasteiger partial charge in [-0.2, -0.15) is 0 Å². The monoisotopic (exact) mass is 427 g/mol. The van der Waals surface area contributed by atoms with Gasteiger partial charge in [-0.05, 0) is 61.4 Å². The summed E-state index contributed by atoms with van der Waals surface area (Å²) in [5.41, 5.74) is 2.39. The van der Waals surface area contributed by atoms with Crippen molar-refractivity contribution in [1.29, 1.82) is 0 Å². The second-order valence-electron chi connectivity index (χ2n) is 7.38. The molecular weight excluding hydrogens is 402 g/mol. The summed E-state index contributed by atoms with van der Waals surface area (Å²) in [5.74, 6) is 1.34. The molecule has 1 aliphatic carbocycles. The topological polar surface area (TPSA) is 73.9 Å². The second kappa shape index (κ2) is 8.92. The van der Waals surface area contributed by atoms with Gasteiger partial charge in [0, 0.05) is 11.0 Å². The molecule has 6 nitrogen and oxygen atoms in total. The molecule has 1 amide bonds. The summed E-state index contributed by atoms with van der Waals surface area (Å²) >= 11 is 1.50. The van der Waals surface area contributed by atoms with Crippen LogP contribution < -0.4 is 14.8 Å². The summed E-state index contributed by atoms with van der Waals surface area (Å²) in [6, 6.07) is 5.50. The predicted octanol–water partition coefficient (Wildman–Crippen LogP) is 4.82. The number of hydrogen-bond donors (Lipinski definition) is 1. The molecule has 2 heterocycles. The molecule has 2 aliphatic rings. The van der Waals surface area contributed by atoms with Gasteiger partial charge < -0.3 is 19.5 Å². The first-order valence-electron chi connectivity index (χ1n) is 10.3. The third-order valence-corrected chi connectivity index (χ3v) is 6.65. The van der Waals surface area contributed by atoms with Gasteiger partial charge in [-0.3, -0.25) is 4.79 Å². The number of nitrogens with one attached hydrogen (secondary N) is 1. The lowest BCUT2D eigenvalue weighted by molar-refractivity contribution is -0.111. The molecule has 0 bridgehead atoms. The number of ether oxygens (including phenoxy) is 3. The number of thiophene rings is 1. The lowest BCUT2D eigenvalue weighted by Gasteiger charge is -2.20. The molecule has 0 saturated carbocycles. The minimum absolute atomic E-state index is 0.210. The third kappa shape index (κ3) is 4.21. The molecular formula is C23H25NO5S. The van der Waals surface area contributed by atoms with Gasteiger partial charge in [0.1, 0.15) is 5.00 Å². The minimum Gasteiger partial charge on any atom is -0.462 e. The van der Waals surface area contributed by atoms with Crippen LogP contribution in [0.25, 0.3) is 6.08 Å². The maximum atomic E-state index is 12.6. The zero-order valence-corrected chi connectivity index (χ0v) is 18.0. The fraction of sp³-hybridized carbons (Fsp3) is 0.391. The molecule has 0 saturated heterocycles. The quantitative estimate of drug-likeness (QED) is 0.528. The van der Waals surface area contributed by atoms with Crippen LogP contribution in [0.4, 0.5) is 5.00 Å². The van der Waals surface area contributed by atoms with Gasteiger partial charge in [0.25, 0.3) is 0 Å². The van der Waals surface area contributed by atoms with Crippen LogP contribution in [0.1, 0.15) is 53.1 Å². The highest BCUT2D eigenvalue weighted by molar-refractivity contribution is 7.17. The Bertz CT molecular complexity index is 994. The summed E-state index contributed by atoms with van der Waals surface area (Å²) < 4.78 is 15.9. The number of fused-ring (bicyclic) bond motifs is 2. The lowest BCUT2D eigenvalue weighted by Crippen LogP contribution is -2.16. The summed E-state index contributed by atoms with van der Waals surface area (Å²) in [5, 5.41) is 3.48. The second-order valence-corrected chi connectivity index (χ2v) is 8.49. The van der Waals surface area contributed by atoms with Crippen LogP contribution in [0, 0.1) is 5.92 Å². The van der Waals surface area contributed by atoms with E-state index in [1.54, 1.807) is 13.0 Å².